The summed E-state index contributed by atoms with van der Waals surface area (Å²) in [7, 11) is 0. The van der Waals surface area contributed by atoms with Crippen molar-refractivity contribution in [2.24, 2.45) is 0 Å². The zero-order valence-electron chi connectivity index (χ0n) is 10.6. The van der Waals surface area contributed by atoms with Crippen molar-refractivity contribution in [1.82, 2.24) is 10.3 Å². The maximum atomic E-state index is 12.0. The van der Waals surface area contributed by atoms with Crippen LogP contribution in [0.2, 0.25) is 5.15 Å². The highest BCUT2D eigenvalue weighted by atomic mass is 35.5. The van der Waals surface area contributed by atoms with E-state index in [2.05, 4.69) is 10.3 Å². The molecule has 0 unspecified atom stereocenters. The average molecular weight is 275 g/mol. The van der Waals surface area contributed by atoms with Gasteiger partial charge in [0.05, 0.1) is 0 Å². The molecule has 0 bridgehead atoms. The summed E-state index contributed by atoms with van der Waals surface area (Å²) in [6, 6.07) is 13.3. The molecule has 0 fully saturated rings. The third-order valence-corrected chi connectivity index (χ3v) is 2.96. The number of amides is 1. The van der Waals surface area contributed by atoms with Gasteiger partial charge in [0, 0.05) is 17.8 Å². The fourth-order valence-corrected chi connectivity index (χ4v) is 2.04. The lowest BCUT2D eigenvalue weighted by Crippen LogP contribution is -2.34. The molecule has 0 aliphatic rings. The molecular weight excluding hydrogens is 260 g/mol. The van der Waals surface area contributed by atoms with Gasteiger partial charge in [-0.1, -0.05) is 41.9 Å². The Labute approximate surface area is 117 Å². The van der Waals surface area contributed by atoms with Crippen molar-refractivity contribution in [2.45, 2.75) is 19.4 Å². The standard InChI is InChI=1S/C15H15ClN2O/c1-11(9-12-5-3-2-4-6-12)18-15(19)13-7-8-17-14(16)10-13/h2-8,10-11H,9H2,1H3,(H,18,19)/t11-/m1/s1. The van der Waals surface area contributed by atoms with Gasteiger partial charge in [0.15, 0.2) is 0 Å². The lowest BCUT2D eigenvalue weighted by molar-refractivity contribution is 0.0940. The zero-order valence-corrected chi connectivity index (χ0v) is 11.4. The molecule has 4 heteroatoms. The Morgan fingerprint density at radius 3 is 2.74 bits per heavy atom. The summed E-state index contributed by atoms with van der Waals surface area (Å²) in [5, 5.41) is 3.27. The third kappa shape index (κ3) is 4.07. The number of aromatic nitrogens is 1. The Hall–Kier alpha value is -1.87. The maximum Gasteiger partial charge on any atom is 0.251 e. The monoisotopic (exact) mass is 274 g/mol. The van der Waals surface area contributed by atoms with Crippen LogP contribution in [0.15, 0.2) is 48.7 Å². The first kappa shape index (κ1) is 13.6. The van der Waals surface area contributed by atoms with E-state index in [9.17, 15) is 4.79 Å². The van der Waals surface area contributed by atoms with Crippen LogP contribution < -0.4 is 5.32 Å². The normalized spacial score (nSPS) is 11.9. The number of nitrogens with one attached hydrogen (secondary N) is 1. The molecule has 19 heavy (non-hydrogen) atoms. The van der Waals surface area contributed by atoms with Gasteiger partial charge in [-0.05, 0) is 31.0 Å². The SMILES string of the molecule is C[C@H](Cc1ccccc1)NC(=O)c1ccnc(Cl)c1. The van der Waals surface area contributed by atoms with Crippen LogP contribution in [0.25, 0.3) is 0 Å². The average Bonchev–Trinajstić information content (AvgIpc) is 2.39. The Morgan fingerprint density at radius 2 is 2.05 bits per heavy atom. The number of halogens is 1. The summed E-state index contributed by atoms with van der Waals surface area (Å²) in [5.74, 6) is -0.132. The molecule has 1 aromatic heterocycles. The van der Waals surface area contributed by atoms with Crippen molar-refractivity contribution in [3.05, 3.63) is 64.9 Å². The van der Waals surface area contributed by atoms with Gasteiger partial charge in [-0.3, -0.25) is 4.79 Å². The van der Waals surface area contributed by atoms with Gasteiger partial charge in [-0.15, -0.1) is 0 Å². The Bertz CT molecular complexity index is 557. The Morgan fingerprint density at radius 1 is 1.32 bits per heavy atom. The molecule has 0 aliphatic heterocycles. The molecule has 1 atom stereocenters. The summed E-state index contributed by atoms with van der Waals surface area (Å²) in [6.07, 6.45) is 2.32. The summed E-state index contributed by atoms with van der Waals surface area (Å²) in [4.78, 5) is 15.9. The number of rotatable bonds is 4. The van der Waals surface area contributed by atoms with Crippen molar-refractivity contribution in [3.8, 4) is 0 Å². The molecule has 1 aromatic carbocycles. The first-order valence-corrected chi connectivity index (χ1v) is 6.49. The fraction of sp³-hybridized carbons (Fsp3) is 0.200. The van der Waals surface area contributed by atoms with E-state index in [1.165, 1.54) is 11.8 Å². The highest BCUT2D eigenvalue weighted by Gasteiger charge is 2.10. The van der Waals surface area contributed by atoms with Crippen molar-refractivity contribution >= 4 is 17.5 Å². The number of hydrogen-bond donors (Lipinski definition) is 1. The minimum atomic E-state index is -0.132. The minimum Gasteiger partial charge on any atom is -0.349 e. The van der Waals surface area contributed by atoms with Gasteiger partial charge in [0.2, 0.25) is 0 Å². The lowest BCUT2D eigenvalue weighted by atomic mass is 10.1. The van der Waals surface area contributed by atoms with Gasteiger partial charge >= 0.3 is 0 Å². The quantitative estimate of drug-likeness (QED) is 0.871. The van der Waals surface area contributed by atoms with Crippen LogP contribution in [-0.2, 0) is 6.42 Å². The number of benzene rings is 1. The highest BCUT2D eigenvalue weighted by molar-refractivity contribution is 6.29. The van der Waals surface area contributed by atoms with Crippen LogP contribution >= 0.6 is 11.6 Å². The molecule has 1 amide bonds. The van der Waals surface area contributed by atoms with Crippen LogP contribution in [0.3, 0.4) is 0 Å². The first-order valence-electron chi connectivity index (χ1n) is 6.11. The summed E-state index contributed by atoms with van der Waals surface area (Å²) in [6.45, 7) is 1.98. The number of pyridine rings is 1. The van der Waals surface area contributed by atoms with E-state index >= 15 is 0 Å². The van der Waals surface area contributed by atoms with Crippen molar-refractivity contribution < 1.29 is 4.79 Å². The lowest BCUT2D eigenvalue weighted by Gasteiger charge is -2.14. The van der Waals surface area contributed by atoms with Gasteiger partial charge in [0.1, 0.15) is 5.15 Å². The van der Waals surface area contributed by atoms with Crippen molar-refractivity contribution in [3.63, 3.8) is 0 Å². The predicted molar refractivity (Wildman–Crippen MR) is 76.3 cm³/mol. The van der Waals surface area contributed by atoms with Gasteiger partial charge in [-0.25, -0.2) is 4.98 Å². The topological polar surface area (TPSA) is 42.0 Å². The summed E-state index contributed by atoms with van der Waals surface area (Å²) >= 11 is 5.76. The summed E-state index contributed by atoms with van der Waals surface area (Å²) < 4.78 is 0. The molecule has 3 nitrogen and oxygen atoms in total. The second kappa shape index (κ2) is 6.34. The molecule has 98 valence electrons. The zero-order chi connectivity index (χ0) is 13.7. The molecule has 1 heterocycles. The fourth-order valence-electron chi connectivity index (χ4n) is 1.87. The van der Waals surface area contributed by atoms with Crippen LogP contribution in [0.5, 0.6) is 0 Å². The number of hydrogen-bond acceptors (Lipinski definition) is 2. The Balaban J connectivity index is 1.95. The van der Waals surface area contributed by atoms with E-state index in [1.807, 2.05) is 37.3 Å². The van der Waals surface area contributed by atoms with E-state index in [4.69, 9.17) is 11.6 Å². The van der Waals surface area contributed by atoms with E-state index < -0.39 is 0 Å². The summed E-state index contributed by atoms with van der Waals surface area (Å²) in [5.41, 5.74) is 1.72. The van der Waals surface area contributed by atoms with Gasteiger partial charge in [0.25, 0.3) is 5.91 Å². The number of nitrogens with zero attached hydrogens (tertiary/aromatic N) is 1. The third-order valence-electron chi connectivity index (χ3n) is 2.75. The second-order valence-electron chi connectivity index (χ2n) is 4.43. The molecule has 2 rings (SSSR count). The maximum absolute atomic E-state index is 12.0. The smallest absolute Gasteiger partial charge is 0.251 e. The van der Waals surface area contributed by atoms with Gasteiger partial charge in [-0.2, -0.15) is 0 Å². The molecule has 0 spiro atoms. The molecule has 0 saturated heterocycles. The minimum absolute atomic E-state index is 0.0573. The molecule has 0 saturated carbocycles. The molecule has 0 radical (unpaired) electrons. The number of carbonyl (C=O) groups excluding carboxylic acids is 1. The first-order chi connectivity index (χ1) is 9.15. The Kier molecular flexibility index (Phi) is 4.53. The number of carbonyl (C=O) groups is 1. The van der Waals surface area contributed by atoms with Crippen LogP contribution in [0, 0.1) is 0 Å². The van der Waals surface area contributed by atoms with E-state index in [0.717, 1.165) is 6.42 Å². The van der Waals surface area contributed by atoms with E-state index in [0.29, 0.717) is 10.7 Å². The van der Waals surface area contributed by atoms with Crippen LogP contribution in [0.1, 0.15) is 22.8 Å². The second-order valence-corrected chi connectivity index (χ2v) is 4.82. The molecular formula is C15H15ClN2O. The highest BCUT2D eigenvalue weighted by Crippen LogP contribution is 2.08. The van der Waals surface area contributed by atoms with Crippen LogP contribution in [0.4, 0.5) is 0 Å². The van der Waals surface area contributed by atoms with Crippen molar-refractivity contribution in [1.29, 1.82) is 0 Å². The molecule has 0 aliphatic carbocycles. The van der Waals surface area contributed by atoms with Gasteiger partial charge < -0.3 is 5.32 Å². The largest absolute Gasteiger partial charge is 0.349 e. The molecule has 1 N–H and O–H groups in total. The van der Waals surface area contributed by atoms with Crippen molar-refractivity contribution in [2.75, 3.05) is 0 Å². The van der Waals surface area contributed by atoms with Crippen LogP contribution in [-0.4, -0.2) is 16.9 Å². The van der Waals surface area contributed by atoms with E-state index in [1.54, 1.807) is 12.1 Å². The molecule has 2 aromatic rings. The predicted octanol–water partition coefficient (Wildman–Crippen LogP) is 3.10. The van der Waals surface area contributed by atoms with E-state index in [-0.39, 0.29) is 11.9 Å².